The van der Waals surface area contributed by atoms with Gasteiger partial charge in [0.25, 0.3) is 0 Å². The molecule has 1 aromatic rings. The van der Waals surface area contributed by atoms with Crippen LogP contribution in [0.2, 0.25) is 0 Å². The number of rotatable bonds is 7. The molecular formula is C17H22O3. The summed E-state index contributed by atoms with van der Waals surface area (Å²) in [6.07, 6.45) is 6.86. The minimum Gasteiger partial charge on any atom is -0.497 e. The van der Waals surface area contributed by atoms with Crippen LogP contribution in [0.5, 0.6) is 5.75 Å². The fourth-order valence-electron chi connectivity index (χ4n) is 2.55. The molecule has 108 valence electrons. The van der Waals surface area contributed by atoms with Gasteiger partial charge in [0.05, 0.1) is 26.4 Å². The highest BCUT2D eigenvalue weighted by atomic mass is 16.5. The van der Waals surface area contributed by atoms with Crippen molar-refractivity contribution in [2.24, 2.45) is 5.41 Å². The number of allylic oxidation sites excluding steroid dienone is 2. The number of methoxy groups -OCH3 is 1. The van der Waals surface area contributed by atoms with Gasteiger partial charge in [0.2, 0.25) is 0 Å². The second kappa shape index (κ2) is 6.73. The van der Waals surface area contributed by atoms with Crippen molar-refractivity contribution in [1.82, 2.24) is 0 Å². The van der Waals surface area contributed by atoms with Crippen molar-refractivity contribution in [3.05, 3.63) is 54.6 Å². The van der Waals surface area contributed by atoms with Crippen molar-refractivity contribution in [2.45, 2.75) is 25.6 Å². The Bertz CT molecular complexity index is 464. The first kappa shape index (κ1) is 14.8. The molecule has 1 aliphatic rings. The zero-order valence-corrected chi connectivity index (χ0v) is 11.9. The van der Waals surface area contributed by atoms with Gasteiger partial charge in [-0.3, -0.25) is 0 Å². The Morgan fingerprint density at radius 3 is 2.70 bits per heavy atom. The molecule has 0 aromatic heterocycles. The fraction of sp³-hybridized carbons (Fsp3) is 0.412. The maximum Gasteiger partial charge on any atom is 0.118 e. The van der Waals surface area contributed by atoms with Crippen molar-refractivity contribution in [2.75, 3.05) is 13.7 Å². The SMILES string of the molecule is C=CC[C@@]1(COCc2ccc(OC)cc2)CC=C[C@@H]1O. The van der Waals surface area contributed by atoms with Crippen LogP contribution in [0, 0.1) is 5.41 Å². The third-order valence-corrected chi connectivity index (χ3v) is 3.84. The summed E-state index contributed by atoms with van der Waals surface area (Å²) < 4.78 is 10.9. The summed E-state index contributed by atoms with van der Waals surface area (Å²) in [6.45, 7) is 4.84. The van der Waals surface area contributed by atoms with Crippen LogP contribution in [0.1, 0.15) is 18.4 Å². The molecule has 2 rings (SSSR count). The highest BCUT2D eigenvalue weighted by Crippen LogP contribution is 2.37. The monoisotopic (exact) mass is 274 g/mol. The topological polar surface area (TPSA) is 38.7 Å². The molecule has 0 radical (unpaired) electrons. The highest BCUT2D eigenvalue weighted by Gasteiger charge is 2.38. The second-order valence-corrected chi connectivity index (χ2v) is 5.27. The first-order valence-electron chi connectivity index (χ1n) is 6.86. The molecular weight excluding hydrogens is 252 g/mol. The van der Waals surface area contributed by atoms with E-state index in [1.165, 1.54) is 0 Å². The van der Waals surface area contributed by atoms with E-state index in [9.17, 15) is 5.11 Å². The van der Waals surface area contributed by atoms with Gasteiger partial charge in [-0.1, -0.05) is 30.4 Å². The van der Waals surface area contributed by atoms with Gasteiger partial charge in [0, 0.05) is 5.41 Å². The van der Waals surface area contributed by atoms with E-state index >= 15 is 0 Å². The Labute approximate surface area is 120 Å². The Hall–Kier alpha value is -1.58. The zero-order valence-electron chi connectivity index (χ0n) is 11.9. The number of hydrogen-bond donors (Lipinski definition) is 1. The van der Waals surface area contributed by atoms with E-state index in [1.807, 2.05) is 42.5 Å². The fourth-order valence-corrected chi connectivity index (χ4v) is 2.55. The summed E-state index contributed by atoms with van der Waals surface area (Å²) in [4.78, 5) is 0. The molecule has 0 aliphatic heterocycles. The molecule has 1 aliphatic carbocycles. The second-order valence-electron chi connectivity index (χ2n) is 5.27. The van der Waals surface area contributed by atoms with Gasteiger partial charge in [0.15, 0.2) is 0 Å². The van der Waals surface area contributed by atoms with Crippen molar-refractivity contribution >= 4 is 0 Å². The lowest BCUT2D eigenvalue weighted by Crippen LogP contribution is -2.34. The predicted molar refractivity (Wildman–Crippen MR) is 79.7 cm³/mol. The van der Waals surface area contributed by atoms with Crippen molar-refractivity contribution < 1.29 is 14.6 Å². The molecule has 0 unspecified atom stereocenters. The largest absolute Gasteiger partial charge is 0.497 e. The molecule has 1 aromatic carbocycles. The van der Waals surface area contributed by atoms with Gasteiger partial charge < -0.3 is 14.6 Å². The van der Waals surface area contributed by atoms with E-state index in [-0.39, 0.29) is 5.41 Å². The number of ether oxygens (including phenoxy) is 2. The molecule has 1 N–H and O–H groups in total. The number of aliphatic hydroxyl groups excluding tert-OH is 1. The Balaban J connectivity index is 1.88. The molecule has 0 saturated carbocycles. The summed E-state index contributed by atoms with van der Waals surface area (Å²) in [5.74, 6) is 0.840. The van der Waals surface area contributed by atoms with E-state index in [1.54, 1.807) is 7.11 Å². The van der Waals surface area contributed by atoms with Crippen LogP contribution in [0.25, 0.3) is 0 Å². The minimum absolute atomic E-state index is 0.242. The van der Waals surface area contributed by atoms with E-state index in [4.69, 9.17) is 9.47 Å². The summed E-state index contributed by atoms with van der Waals surface area (Å²) >= 11 is 0. The Morgan fingerprint density at radius 1 is 1.40 bits per heavy atom. The molecule has 0 amide bonds. The minimum atomic E-state index is -0.448. The van der Waals surface area contributed by atoms with E-state index in [0.29, 0.717) is 13.2 Å². The van der Waals surface area contributed by atoms with Gasteiger partial charge in [0.1, 0.15) is 5.75 Å². The zero-order chi connectivity index (χ0) is 14.4. The summed E-state index contributed by atoms with van der Waals surface area (Å²) in [5.41, 5.74) is 0.855. The highest BCUT2D eigenvalue weighted by molar-refractivity contribution is 5.26. The summed E-state index contributed by atoms with van der Waals surface area (Å²) in [7, 11) is 1.65. The van der Waals surface area contributed by atoms with Crippen LogP contribution in [0.4, 0.5) is 0 Å². The Kier molecular flexibility index (Phi) is 4.99. The molecule has 0 bridgehead atoms. The predicted octanol–water partition coefficient (Wildman–Crippen LogP) is 3.10. The summed E-state index contributed by atoms with van der Waals surface area (Å²) in [5, 5.41) is 10.1. The van der Waals surface area contributed by atoms with Crippen molar-refractivity contribution in [3.8, 4) is 5.75 Å². The lowest BCUT2D eigenvalue weighted by Gasteiger charge is -2.31. The molecule has 0 saturated heterocycles. The summed E-state index contributed by atoms with van der Waals surface area (Å²) in [6, 6.07) is 7.82. The average molecular weight is 274 g/mol. The lowest BCUT2D eigenvalue weighted by atomic mass is 9.81. The quantitative estimate of drug-likeness (QED) is 0.777. The molecule has 3 heteroatoms. The molecule has 0 heterocycles. The number of aliphatic hydroxyl groups is 1. The van der Waals surface area contributed by atoms with E-state index in [2.05, 4.69) is 6.58 Å². The third kappa shape index (κ3) is 3.30. The van der Waals surface area contributed by atoms with Gasteiger partial charge in [-0.2, -0.15) is 0 Å². The molecule has 0 fully saturated rings. The van der Waals surface area contributed by atoms with Crippen LogP contribution in [-0.4, -0.2) is 24.9 Å². The molecule has 2 atom stereocenters. The molecule has 0 spiro atoms. The number of benzene rings is 1. The van der Waals surface area contributed by atoms with Crippen LogP contribution in [0.15, 0.2) is 49.1 Å². The molecule has 3 nitrogen and oxygen atoms in total. The van der Waals surface area contributed by atoms with E-state index < -0.39 is 6.10 Å². The average Bonchev–Trinajstić information content (AvgIpc) is 2.81. The normalized spacial score (nSPS) is 24.8. The van der Waals surface area contributed by atoms with Crippen LogP contribution >= 0.6 is 0 Å². The third-order valence-electron chi connectivity index (χ3n) is 3.84. The maximum atomic E-state index is 10.1. The maximum absolute atomic E-state index is 10.1. The van der Waals surface area contributed by atoms with Gasteiger partial charge in [-0.25, -0.2) is 0 Å². The van der Waals surface area contributed by atoms with Crippen molar-refractivity contribution in [3.63, 3.8) is 0 Å². The standard InChI is InChI=1S/C17H22O3/c1-3-10-17(11-4-5-16(17)18)13-20-12-14-6-8-15(19-2)9-7-14/h3-9,16,18H,1,10-13H2,2H3/t16-,17-/m0/s1. The van der Waals surface area contributed by atoms with Crippen LogP contribution in [0.3, 0.4) is 0 Å². The number of hydrogen-bond acceptors (Lipinski definition) is 3. The smallest absolute Gasteiger partial charge is 0.118 e. The Morgan fingerprint density at radius 2 is 2.15 bits per heavy atom. The van der Waals surface area contributed by atoms with E-state index in [0.717, 1.165) is 24.2 Å². The molecule has 20 heavy (non-hydrogen) atoms. The first-order valence-corrected chi connectivity index (χ1v) is 6.86. The van der Waals surface area contributed by atoms with Gasteiger partial charge in [-0.05, 0) is 30.5 Å². The van der Waals surface area contributed by atoms with Crippen molar-refractivity contribution in [1.29, 1.82) is 0 Å². The first-order chi connectivity index (χ1) is 9.70. The van der Waals surface area contributed by atoms with Gasteiger partial charge >= 0.3 is 0 Å². The van der Waals surface area contributed by atoms with Gasteiger partial charge in [-0.15, -0.1) is 6.58 Å². The van der Waals surface area contributed by atoms with Crippen LogP contribution in [-0.2, 0) is 11.3 Å². The lowest BCUT2D eigenvalue weighted by molar-refractivity contribution is -0.0199. The van der Waals surface area contributed by atoms with Crippen LogP contribution < -0.4 is 4.74 Å².